The van der Waals surface area contributed by atoms with E-state index in [1.54, 1.807) is 30.3 Å². The molecular weight excluding hydrogens is 204 g/mol. The van der Waals surface area contributed by atoms with E-state index in [0.29, 0.717) is 5.56 Å². The molecule has 1 aromatic carbocycles. The Morgan fingerprint density at radius 3 is 2.36 bits per heavy atom. The number of hydrogen-bond donors (Lipinski definition) is 2. The largest absolute Gasteiger partial charge is 0.303 e. The van der Waals surface area contributed by atoms with Gasteiger partial charge in [-0.3, -0.25) is 18.7 Å². The average molecular weight is 214 g/mol. The second kappa shape index (κ2) is 4.36. The van der Waals surface area contributed by atoms with E-state index in [-0.39, 0.29) is 12.0 Å². The Kier molecular flexibility index (Phi) is 3.40. The standard InChI is InChI=1S/C9H10O4S/c10-6-9(11)14(12,13)7-8-4-2-1-3-5-8/h1-6,12-13H,7H2. The summed E-state index contributed by atoms with van der Waals surface area (Å²) >= 11 is 0. The molecule has 14 heavy (non-hydrogen) atoms. The molecule has 0 atom stereocenters. The molecule has 0 spiro atoms. The predicted molar refractivity (Wildman–Crippen MR) is 54.1 cm³/mol. The van der Waals surface area contributed by atoms with Crippen molar-refractivity contribution in [2.75, 3.05) is 0 Å². The van der Waals surface area contributed by atoms with E-state index in [4.69, 9.17) is 0 Å². The van der Waals surface area contributed by atoms with Crippen molar-refractivity contribution in [3.8, 4) is 0 Å². The summed E-state index contributed by atoms with van der Waals surface area (Å²) < 4.78 is 18.6. The van der Waals surface area contributed by atoms with Crippen molar-refractivity contribution >= 4 is 22.0 Å². The quantitative estimate of drug-likeness (QED) is 0.592. The fraction of sp³-hybridized carbons (Fsp3) is 0.111. The van der Waals surface area contributed by atoms with Crippen molar-refractivity contribution in [1.82, 2.24) is 0 Å². The van der Waals surface area contributed by atoms with Crippen LogP contribution >= 0.6 is 10.6 Å². The van der Waals surface area contributed by atoms with Crippen molar-refractivity contribution in [3.63, 3.8) is 0 Å². The smallest absolute Gasteiger partial charge is 0.293 e. The fourth-order valence-electron chi connectivity index (χ4n) is 0.955. The lowest BCUT2D eigenvalue weighted by Crippen LogP contribution is -2.14. The first-order chi connectivity index (χ1) is 6.56. The number of carbonyl (C=O) groups excluding carboxylic acids is 2. The third-order valence-corrected chi connectivity index (χ3v) is 3.11. The van der Waals surface area contributed by atoms with E-state index in [1.807, 2.05) is 0 Å². The molecule has 5 heteroatoms. The summed E-state index contributed by atoms with van der Waals surface area (Å²) in [6, 6.07) is 8.53. The third-order valence-electron chi connectivity index (χ3n) is 1.63. The van der Waals surface area contributed by atoms with Crippen LogP contribution in [0.2, 0.25) is 0 Å². The molecule has 0 saturated heterocycles. The summed E-state index contributed by atoms with van der Waals surface area (Å²) in [5.41, 5.74) is 0.614. The highest BCUT2D eigenvalue weighted by molar-refractivity contribution is 8.37. The number of rotatable bonds is 3. The lowest BCUT2D eigenvalue weighted by molar-refractivity contribution is -0.125. The lowest BCUT2D eigenvalue weighted by Gasteiger charge is -2.27. The highest BCUT2D eigenvalue weighted by atomic mass is 32.3. The zero-order chi connectivity index (χ0) is 10.6. The van der Waals surface area contributed by atoms with Crippen LogP contribution in [0.25, 0.3) is 0 Å². The summed E-state index contributed by atoms with van der Waals surface area (Å²) in [6.07, 6.45) is -0.0573. The van der Waals surface area contributed by atoms with Gasteiger partial charge < -0.3 is 0 Å². The minimum atomic E-state index is -3.47. The monoisotopic (exact) mass is 214 g/mol. The molecule has 0 heterocycles. The maximum absolute atomic E-state index is 10.8. The Labute approximate surface area is 82.9 Å². The number of aldehydes is 1. The second-order valence-corrected chi connectivity index (χ2v) is 4.76. The van der Waals surface area contributed by atoms with Gasteiger partial charge in [0.2, 0.25) is 6.29 Å². The van der Waals surface area contributed by atoms with Crippen molar-refractivity contribution in [2.24, 2.45) is 0 Å². The maximum Gasteiger partial charge on any atom is 0.303 e. The first-order valence-corrected chi connectivity index (χ1v) is 5.57. The van der Waals surface area contributed by atoms with Gasteiger partial charge in [0.05, 0.1) is 5.75 Å². The molecular formula is C9H10O4S. The Bertz CT molecular complexity index is 334. The van der Waals surface area contributed by atoms with E-state index in [9.17, 15) is 18.7 Å². The van der Waals surface area contributed by atoms with Gasteiger partial charge in [-0.2, -0.15) is 0 Å². The molecule has 0 unspecified atom stereocenters. The Morgan fingerprint density at radius 1 is 1.29 bits per heavy atom. The summed E-state index contributed by atoms with van der Waals surface area (Å²) in [5, 5.41) is -1.15. The van der Waals surface area contributed by atoms with Crippen LogP contribution in [-0.4, -0.2) is 20.5 Å². The van der Waals surface area contributed by atoms with E-state index in [0.717, 1.165) is 0 Å². The molecule has 0 amide bonds. The lowest BCUT2D eigenvalue weighted by atomic mass is 10.2. The molecule has 0 aliphatic rings. The van der Waals surface area contributed by atoms with Crippen molar-refractivity contribution in [3.05, 3.63) is 35.9 Å². The van der Waals surface area contributed by atoms with E-state index >= 15 is 0 Å². The van der Waals surface area contributed by atoms with Gasteiger partial charge in [0.1, 0.15) is 0 Å². The SMILES string of the molecule is O=CC(=O)S(O)(O)Cc1ccccc1. The van der Waals surface area contributed by atoms with Crippen LogP contribution < -0.4 is 0 Å². The van der Waals surface area contributed by atoms with Gasteiger partial charge in [0.25, 0.3) is 0 Å². The minimum absolute atomic E-state index is 0.0573. The fourth-order valence-corrected chi connectivity index (χ4v) is 1.91. The number of carbonyl (C=O) groups is 2. The number of benzene rings is 1. The van der Waals surface area contributed by atoms with E-state index in [1.165, 1.54) is 0 Å². The first-order valence-electron chi connectivity index (χ1n) is 3.85. The number of hydrogen-bond acceptors (Lipinski definition) is 4. The summed E-state index contributed by atoms with van der Waals surface area (Å²) in [5.74, 6) is -0.203. The molecule has 76 valence electrons. The average Bonchev–Trinajstić information content (AvgIpc) is 2.17. The summed E-state index contributed by atoms with van der Waals surface area (Å²) in [4.78, 5) is 20.9. The van der Waals surface area contributed by atoms with Gasteiger partial charge in [-0.15, -0.1) is 10.6 Å². The van der Waals surface area contributed by atoms with Gasteiger partial charge in [-0.05, 0) is 5.56 Å². The summed E-state index contributed by atoms with van der Waals surface area (Å²) in [7, 11) is -3.47. The highest BCUT2D eigenvalue weighted by Gasteiger charge is 2.22. The normalized spacial score (nSPS) is 12.1. The minimum Gasteiger partial charge on any atom is -0.293 e. The van der Waals surface area contributed by atoms with Crippen molar-refractivity contribution in [2.45, 2.75) is 5.75 Å². The van der Waals surface area contributed by atoms with Gasteiger partial charge in [-0.1, -0.05) is 30.3 Å². The van der Waals surface area contributed by atoms with Gasteiger partial charge in [-0.25, -0.2) is 0 Å². The van der Waals surface area contributed by atoms with Crippen LogP contribution in [0.1, 0.15) is 5.56 Å². The molecule has 0 radical (unpaired) electrons. The molecule has 0 fully saturated rings. The van der Waals surface area contributed by atoms with Crippen molar-refractivity contribution < 1.29 is 18.7 Å². The van der Waals surface area contributed by atoms with Crippen LogP contribution in [0.3, 0.4) is 0 Å². The molecule has 0 aromatic heterocycles. The molecule has 0 bridgehead atoms. The van der Waals surface area contributed by atoms with E-state index < -0.39 is 15.7 Å². The Morgan fingerprint density at radius 2 is 1.86 bits per heavy atom. The Hall–Kier alpha value is -1.17. The highest BCUT2D eigenvalue weighted by Crippen LogP contribution is 2.42. The van der Waals surface area contributed by atoms with Gasteiger partial charge in [0, 0.05) is 0 Å². The van der Waals surface area contributed by atoms with Crippen LogP contribution in [0.15, 0.2) is 30.3 Å². The van der Waals surface area contributed by atoms with Crippen molar-refractivity contribution in [1.29, 1.82) is 0 Å². The molecule has 1 rings (SSSR count). The molecule has 2 N–H and O–H groups in total. The molecule has 0 aliphatic carbocycles. The van der Waals surface area contributed by atoms with Gasteiger partial charge in [0.15, 0.2) is 0 Å². The summed E-state index contributed by atoms with van der Waals surface area (Å²) in [6.45, 7) is 0. The van der Waals surface area contributed by atoms with Crippen LogP contribution in [0.4, 0.5) is 0 Å². The topological polar surface area (TPSA) is 74.6 Å². The first kappa shape index (κ1) is 10.9. The Balaban J connectivity index is 2.78. The predicted octanol–water partition coefficient (Wildman–Crippen LogP) is 1.66. The molecule has 0 saturated carbocycles. The zero-order valence-electron chi connectivity index (χ0n) is 7.29. The molecule has 4 nitrogen and oxygen atoms in total. The van der Waals surface area contributed by atoms with Crippen LogP contribution in [0, 0.1) is 0 Å². The van der Waals surface area contributed by atoms with E-state index in [2.05, 4.69) is 0 Å². The third kappa shape index (κ3) is 2.66. The maximum atomic E-state index is 10.8. The molecule has 1 aromatic rings. The molecule has 0 aliphatic heterocycles. The van der Waals surface area contributed by atoms with Crippen LogP contribution in [-0.2, 0) is 15.3 Å². The zero-order valence-corrected chi connectivity index (χ0v) is 8.11. The van der Waals surface area contributed by atoms with Gasteiger partial charge >= 0.3 is 5.12 Å². The van der Waals surface area contributed by atoms with Crippen LogP contribution in [0.5, 0.6) is 0 Å². The second-order valence-electron chi connectivity index (χ2n) is 2.73.